The van der Waals surface area contributed by atoms with Crippen LogP contribution in [0.5, 0.6) is 0 Å². The second kappa shape index (κ2) is 5.86. The highest BCUT2D eigenvalue weighted by Crippen LogP contribution is 2.26. The van der Waals surface area contributed by atoms with E-state index in [0.717, 1.165) is 10.5 Å². The minimum absolute atomic E-state index is 0.429. The Morgan fingerprint density at radius 1 is 1.15 bits per heavy atom. The molecule has 106 valence electrons. The van der Waals surface area contributed by atoms with Crippen molar-refractivity contribution in [1.82, 2.24) is 5.32 Å². The van der Waals surface area contributed by atoms with E-state index in [1.165, 1.54) is 0 Å². The fraction of sp³-hybridized carbons (Fsp3) is 0.400. The zero-order valence-corrected chi connectivity index (χ0v) is 11.7. The van der Waals surface area contributed by atoms with E-state index >= 15 is 0 Å². The summed E-state index contributed by atoms with van der Waals surface area (Å²) in [5, 5.41) is 2.27. The largest absolute Gasteiger partial charge is 0.335 e. The summed E-state index contributed by atoms with van der Waals surface area (Å²) in [6, 6.07) is 6.59. The van der Waals surface area contributed by atoms with Gasteiger partial charge >= 0.3 is 6.03 Å². The van der Waals surface area contributed by atoms with Gasteiger partial charge in [-0.2, -0.15) is 0 Å². The molecule has 1 atom stereocenters. The highest BCUT2D eigenvalue weighted by atomic mass is 16.2. The van der Waals surface area contributed by atoms with Gasteiger partial charge in [-0.15, -0.1) is 0 Å². The van der Waals surface area contributed by atoms with Crippen molar-refractivity contribution >= 4 is 23.5 Å². The molecule has 1 unspecified atom stereocenters. The molecule has 5 heteroatoms. The topological polar surface area (TPSA) is 66.5 Å². The van der Waals surface area contributed by atoms with Crippen molar-refractivity contribution in [3.8, 4) is 0 Å². The van der Waals surface area contributed by atoms with Crippen molar-refractivity contribution in [3.63, 3.8) is 0 Å². The summed E-state index contributed by atoms with van der Waals surface area (Å²) in [6.07, 6.45) is 1.86. The number of aryl methyl sites for hydroxylation is 1. The normalized spacial score (nSPS) is 19.2. The van der Waals surface area contributed by atoms with Gasteiger partial charge in [0, 0.05) is 0 Å². The molecule has 0 saturated carbocycles. The summed E-state index contributed by atoms with van der Waals surface area (Å²) in [7, 11) is 0. The molecular weight excluding hydrogens is 256 g/mol. The van der Waals surface area contributed by atoms with Crippen LogP contribution in [0.2, 0.25) is 0 Å². The van der Waals surface area contributed by atoms with Gasteiger partial charge in [0.05, 0.1) is 5.69 Å². The Morgan fingerprint density at radius 3 is 2.50 bits per heavy atom. The van der Waals surface area contributed by atoms with Crippen LogP contribution < -0.4 is 10.2 Å². The summed E-state index contributed by atoms with van der Waals surface area (Å²) in [4.78, 5) is 37.3. The summed E-state index contributed by atoms with van der Waals surface area (Å²) < 4.78 is 0. The molecule has 1 aliphatic heterocycles. The van der Waals surface area contributed by atoms with E-state index in [4.69, 9.17) is 0 Å². The molecule has 0 radical (unpaired) electrons. The first-order chi connectivity index (χ1) is 9.60. The van der Waals surface area contributed by atoms with Crippen LogP contribution in [0.15, 0.2) is 24.3 Å². The highest BCUT2D eigenvalue weighted by Gasteiger charge is 2.40. The molecule has 4 amide bonds. The molecular formula is C15H18N2O3. The van der Waals surface area contributed by atoms with Crippen molar-refractivity contribution in [2.75, 3.05) is 4.90 Å². The molecule has 1 fully saturated rings. The molecule has 5 nitrogen and oxygen atoms in total. The number of carbonyl (C=O) groups excluding carboxylic acids is 3. The molecule has 20 heavy (non-hydrogen) atoms. The van der Waals surface area contributed by atoms with Crippen molar-refractivity contribution < 1.29 is 14.4 Å². The molecule has 1 aliphatic rings. The van der Waals surface area contributed by atoms with E-state index in [1.807, 2.05) is 26.0 Å². The van der Waals surface area contributed by atoms with Gasteiger partial charge in [-0.3, -0.25) is 14.9 Å². The van der Waals surface area contributed by atoms with Crippen LogP contribution in [0.3, 0.4) is 0 Å². The van der Waals surface area contributed by atoms with Crippen LogP contribution in [0.1, 0.15) is 32.3 Å². The third kappa shape index (κ3) is 2.43. The predicted molar refractivity (Wildman–Crippen MR) is 75.2 cm³/mol. The Balaban J connectivity index is 2.41. The monoisotopic (exact) mass is 274 g/mol. The summed E-state index contributed by atoms with van der Waals surface area (Å²) >= 11 is 0. The minimum atomic E-state index is -0.775. The molecule has 0 spiro atoms. The lowest BCUT2D eigenvalue weighted by molar-refractivity contribution is -0.134. The molecule has 1 heterocycles. The number of para-hydroxylation sites is 1. The average Bonchev–Trinajstić information content (AvgIpc) is 2.44. The number of amides is 4. The van der Waals surface area contributed by atoms with Crippen molar-refractivity contribution in [2.45, 2.75) is 33.1 Å². The van der Waals surface area contributed by atoms with Gasteiger partial charge in [0.2, 0.25) is 11.8 Å². The lowest BCUT2D eigenvalue weighted by Crippen LogP contribution is -2.58. The molecule has 1 aromatic rings. The third-order valence-electron chi connectivity index (χ3n) is 3.46. The summed E-state index contributed by atoms with van der Waals surface area (Å²) in [5.74, 6) is -1.70. The summed E-state index contributed by atoms with van der Waals surface area (Å²) in [5.41, 5.74) is 1.46. The number of hydrogen-bond donors (Lipinski definition) is 1. The molecule has 0 bridgehead atoms. The maximum absolute atomic E-state index is 12.4. The number of rotatable bonds is 4. The zero-order chi connectivity index (χ0) is 14.7. The first kappa shape index (κ1) is 14.2. The standard InChI is InChI=1S/C15H18N2O3/c1-3-7-11-13(18)16-15(20)17(14(11)19)12-9-6-5-8-10(12)4-2/h5-6,8-9,11H,3-4,7H2,1-2H3,(H,16,18,20). The van der Waals surface area contributed by atoms with Gasteiger partial charge in [-0.25, -0.2) is 9.69 Å². The van der Waals surface area contributed by atoms with E-state index in [2.05, 4.69) is 5.32 Å². The first-order valence-corrected chi connectivity index (χ1v) is 6.86. The van der Waals surface area contributed by atoms with Gasteiger partial charge in [-0.1, -0.05) is 38.5 Å². The molecule has 1 saturated heterocycles. The number of urea groups is 1. The minimum Gasteiger partial charge on any atom is -0.277 e. The Morgan fingerprint density at radius 2 is 1.85 bits per heavy atom. The molecule has 0 aromatic heterocycles. The number of benzene rings is 1. The van der Waals surface area contributed by atoms with Crippen molar-refractivity contribution in [2.24, 2.45) is 5.92 Å². The van der Waals surface area contributed by atoms with E-state index in [9.17, 15) is 14.4 Å². The lowest BCUT2D eigenvalue weighted by Gasteiger charge is -2.31. The van der Waals surface area contributed by atoms with E-state index in [1.54, 1.807) is 12.1 Å². The van der Waals surface area contributed by atoms with Crippen molar-refractivity contribution in [3.05, 3.63) is 29.8 Å². The number of nitrogens with one attached hydrogen (secondary N) is 1. The number of barbiturate groups is 1. The second-order valence-electron chi connectivity index (χ2n) is 4.79. The SMILES string of the molecule is CCCC1C(=O)NC(=O)N(c2ccccc2CC)C1=O. The Labute approximate surface area is 118 Å². The van der Waals surface area contributed by atoms with Crippen LogP contribution in [0.4, 0.5) is 10.5 Å². The van der Waals surface area contributed by atoms with Crippen LogP contribution in [-0.4, -0.2) is 17.8 Å². The molecule has 1 aromatic carbocycles. The fourth-order valence-corrected chi connectivity index (χ4v) is 2.42. The van der Waals surface area contributed by atoms with Gasteiger partial charge in [-0.05, 0) is 24.5 Å². The molecule has 1 N–H and O–H groups in total. The van der Waals surface area contributed by atoms with Crippen LogP contribution in [-0.2, 0) is 16.0 Å². The van der Waals surface area contributed by atoms with Crippen molar-refractivity contribution in [1.29, 1.82) is 0 Å². The van der Waals surface area contributed by atoms with Gasteiger partial charge in [0.1, 0.15) is 5.92 Å². The predicted octanol–water partition coefficient (Wildman–Crippen LogP) is 2.25. The maximum atomic E-state index is 12.4. The number of nitrogens with zero attached hydrogens (tertiary/aromatic N) is 1. The fourth-order valence-electron chi connectivity index (χ4n) is 2.42. The smallest absolute Gasteiger partial charge is 0.277 e. The quantitative estimate of drug-likeness (QED) is 0.856. The van der Waals surface area contributed by atoms with E-state index in [0.29, 0.717) is 24.9 Å². The van der Waals surface area contributed by atoms with E-state index in [-0.39, 0.29) is 0 Å². The van der Waals surface area contributed by atoms with Crippen LogP contribution in [0.25, 0.3) is 0 Å². The number of hydrogen-bond acceptors (Lipinski definition) is 3. The van der Waals surface area contributed by atoms with Gasteiger partial charge < -0.3 is 0 Å². The average molecular weight is 274 g/mol. The number of carbonyl (C=O) groups is 3. The second-order valence-corrected chi connectivity index (χ2v) is 4.79. The first-order valence-electron chi connectivity index (χ1n) is 6.86. The Kier molecular flexibility index (Phi) is 4.17. The van der Waals surface area contributed by atoms with Crippen LogP contribution >= 0.6 is 0 Å². The van der Waals surface area contributed by atoms with Gasteiger partial charge in [0.25, 0.3) is 0 Å². The van der Waals surface area contributed by atoms with E-state index < -0.39 is 23.8 Å². The maximum Gasteiger partial charge on any atom is 0.335 e. The Hall–Kier alpha value is -2.17. The lowest BCUT2D eigenvalue weighted by atomic mass is 9.98. The highest BCUT2D eigenvalue weighted by molar-refractivity contribution is 6.27. The number of anilines is 1. The third-order valence-corrected chi connectivity index (χ3v) is 3.46. The van der Waals surface area contributed by atoms with Crippen LogP contribution in [0, 0.1) is 5.92 Å². The number of imide groups is 2. The Bertz CT molecular complexity index is 554. The summed E-state index contributed by atoms with van der Waals surface area (Å²) in [6.45, 7) is 3.86. The zero-order valence-electron chi connectivity index (χ0n) is 11.7. The van der Waals surface area contributed by atoms with Gasteiger partial charge in [0.15, 0.2) is 0 Å². The molecule has 0 aliphatic carbocycles. The molecule has 2 rings (SSSR count).